The normalized spacial score (nSPS) is 10.4. The van der Waals surface area contributed by atoms with Crippen LogP contribution in [0.25, 0.3) is 11.1 Å². The first-order chi connectivity index (χ1) is 10.7. The van der Waals surface area contributed by atoms with E-state index in [1.165, 1.54) is 0 Å². The van der Waals surface area contributed by atoms with E-state index in [0.29, 0.717) is 10.8 Å². The summed E-state index contributed by atoms with van der Waals surface area (Å²) in [5, 5.41) is 25.7. The van der Waals surface area contributed by atoms with Gasteiger partial charge in [0, 0.05) is 0 Å². The van der Waals surface area contributed by atoms with Crippen LogP contribution in [0.5, 0.6) is 0 Å². The van der Waals surface area contributed by atoms with E-state index in [9.17, 15) is 5.21 Å². The van der Waals surface area contributed by atoms with Crippen LogP contribution in [0, 0.1) is 5.41 Å². The second kappa shape index (κ2) is 5.66. The number of nitrogens with zero attached hydrogens (tertiary/aromatic N) is 3. The highest BCUT2D eigenvalue weighted by atomic mass is 16.6. The Bertz CT molecular complexity index is 800. The lowest BCUT2D eigenvalue weighted by atomic mass is 10.1. The van der Waals surface area contributed by atoms with Gasteiger partial charge in [-0.2, -0.15) is 0 Å². The second-order valence-corrected chi connectivity index (χ2v) is 4.57. The fourth-order valence-electron chi connectivity index (χ4n) is 2.04. The molecule has 22 heavy (non-hydrogen) atoms. The molecule has 110 valence electrons. The van der Waals surface area contributed by atoms with Gasteiger partial charge in [-0.15, -0.1) is 0 Å². The fraction of sp³-hybridized carbons (Fsp3) is 0. The molecule has 7 nitrogen and oxygen atoms in total. The minimum absolute atomic E-state index is 0.0207. The lowest BCUT2D eigenvalue weighted by Crippen LogP contribution is -2.28. The molecule has 0 atom stereocenters. The van der Waals surface area contributed by atoms with Crippen molar-refractivity contribution in [1.29, 1.82) is 5.41 Å². The van der Waals surface area contributed by atoms with Crippen molar-refractivity contribution in [3.63, 3.8) is 0 Å². The molecule has 1 heterocycles. The molecule has 3 aromatic rings. The molecule has 0 radical (unpaired) electrons. The summed E-state index contributed by atoms with van der Waals surface area (Å²) >= 11 is 0. The van der Waals surface area contributed by atoms with Crippen LogP contribution >= 0.6 is 0 Å². The molecular formula is C15H13N5O2. The molecule has 3 rings (SSSR count). The maximum absolute atomic E-state index is 10.2. The lowest BCUT2D eigenvalue weighted by Gasteiger charge is -2.17. The van der Waals surface area contributed by atoms with Crippen molar-refractivity contribution in [2.24, 2.45) is 0 Å². The standard InChI is InChI=1S/C15H13N5O2/c16-14-13(18-22-19-14)15(17)20(21)12-8-4-7-11(9-12)10-5-2-1-3-6-10/h1-9,17,21H,(H2,16,19). The summed E-state index contributed by atoms with van der Waals surface area (Å²) < 4.78 is 4.44. The van der Waals surface area contributed by atoms with Crippen LogP contribution in [0.1, 0.15) is 5.69 Å². The van der Waals surface area contributed by atoms with E-state index in [0.717, 1.165) is 11.1 Å². The van der Waals surface area contributed by atoms with Crippen LogP contribution in [0.3, 0.4) is 0 Å². The third-order valence-electron chi connectivity index (χ3n) is 3.15. The third-order valence-corrected chi connectivity index (χ3v) is 3.15. The van der Waals surface area contributed by atoms with Gasteiger partial charge in [0.15, 0.2) is 17.3 Å². The number of nitrogens with two attached hydrogens (primary N) is 1. The van der Waals surface area contributed by atoms with Crippen molar-refractivity contribution in [1.82, 2.24) is 10.3 Å². The summed E-state index contributed by atoms with van der Waals surface area (Å²) in [6, 6.07) is 16.9. The Morgan fingerprint density at radius 1 is 1.05 bits per heavy atom. The average molecular weight is 295 g/mol. The number of amidine groups is 1. The topological polar surface area (TPSA) is 112 Å². The molecular weight excluding hydrogens is 282 g/mol. The van der Waals surface area contributed by atoms with Crippen LogP contribution in [0.4, 0.5) is 11.5 Å². The van der Waals surface area contributed by atoms with Gasteiger partial charge in [0.2, 0.25) is 0 Å². The zero-order chi connectivity index (χ0) is 15.5. The minimum Gasteiger partial charge on any atom is -0.379 e. The number of nitrogen functional groups attached to an aromatic ring is 1. The monoisotopic (exact) mass is 295 g/mol. The zero-order valence-corrected chi connectivity index (χ0v) is 11.5. The number of anilines is 2. The van der Waals surface area contributed by atoms with Crippen molar-refractivity contribution >= 4 is 17.3 Å². The van der Waals surface area contributed by atoms with Crippen LogP contribution in [0.2, 0.25) is 0 Å². The first-order valence-electron chi connectivity index (χ1n) is 6.48. The predicted molar refractivity (Wildman–Crippen MR) is 81.7 cm³/mol. The average Bonchev–Trinajstić information content (AvgIpc) is 3.00. The Morgan fingerprint density at radius 2 is 1.77 bits per heavy atom. The fourth-order valence-corrected chi connectivity index (χ4v) is 2.04. The smallest absolute Gasteiger partial charge is 0.199 e. The second-order valence-electron chi connectivity index (χ2n) is 4.57. The Morgan fingerprint density at radius 3 is 2.45 bits per heavy atom. The maximum Gasteiger partial charge on any atom is 0.199 e. The molecule has 2 aromatic carbocycles. The maximum atomic E-state index is 10.2. The quantitative estimate of drug-likeness (QED) is 0.389. The molecule has 0 aliphatic heterocycles. The van der Waals surface area contributed by atoms with E-state index in [2.05, 4.69) is 14.9 Å². The number of hydroxylamine groups is 1. The van der Waals surface area contributed by atoms with Crippen LogP contribution < -0.4 is 10.8 Å². The third kappa shape index (κ3) is 2.52. The van der Waals surface area contributed by atoms with Crippen molar-refractivity contribution in [3.05, 3.63) is 60.3 Å². The number of benzene rings is 2. The van der Waals surface area contributed by atoms with Gasteiger partial charge in [-0.1, -0.05) is 42.5 Å². The predicted octanol–water partition coefficient (Wildman–Crippen LogP) is 2.54. The van der Waals surface area contributed by atoms with Crippen LogP contribution in [0.15, 0.2) is 59.2 Å². The van der Waals surface area contributed by atoms with E-state index in [-0.39, 0.29) is 17.3 Å². The number of hydrogen-bond acceptors (Lipinski definition) is 6. The molecule has 0 fully saturated rings. The molecule has 1 aromatic heterocycles. The highest BCUT2D eigenvalue weighted by Gasteiger charge is 2.19. The van der Waals surface area contributed by atoms with Gasteiger partial charge < -0.3 is 5.73 Å². The van der Waals surface area contributed by atoms with E-state index in [1.54, 1.807) is 18.2 Å². The summed E-state index contributed by atoms with van der Waals surface area (Å²) in [7, 11) is 0. The highest BCUT2D eigenvalue weighted by molar-refractivity contribution is 6.07. The minimum atomic E-state index is -0.316. The molecule has 0 aliphatic carbocycles. The molecule has 4 N–H and O–H groups in total. The zero-order valence-electron chi connectivity index (χ0n) is 11.5. The molecule has 0 amide bonds. The van der Waals surface area contributed by atoms with Gasteiger partial charge in [-0.25, -0.2) is 9.69 Å². The van der Waals surface area contributed by atoms with Gasteiger partial charge in [-0.05, 0) is 33.6 Å². The number of nitrogens with one attached hydrogen (secondary N) is 1. The van der Waals surface area contributed by atoms with E-state index < -0.39 is 0 Å². The first-order valence-corrected chi connectivity index (χ1v) is 6.48. The van der Waals surface area contributed by atoms with Crippen molar-refractivity contribution < 1.29 is 9.84 Å². The van der Waals surface area contributed by atoms with Crippen molar-refractivity contribution in [3.8, 4) is 11.1 Å². The Kier molecular flexibility index (Phi) is 3.55. The molecule has 0 saturated carbocycles. The Balaban J connectivity index is 1.92. The molecule has 0 spiro atoms. The molecule has 0 saturated heterocycles. The van der Waals surface area contributed by atoms with Crippen LogP contribution in [-0.2, 0) is 0 Å². The van der Waals surface area contributed by atoms with Gasteiger partial charge in [0.25, 0.3) is 0 Å². The summed E-state index contributed by atoms with van der Waals surface area (Å²) in [5.74, 6) is -0.368. The molecule has 0 unspecified atom stereocenters. The molecule has 7 heteroatoms. The first kappa shape index (κ1) is 13.8. The highest BCUT2D eigenvalue weighted by Crippen LogP contribution is 2.25. The summed E-state index contributed by atoms with van der Waals surface area (Å²) in [4.78, 5) is 0. The molecule has 0 aliphatic rings. The van der Waals surface area contributed by atoms with Gasteiger partial charge in [0.05, 0.1) is 5.69 Å². The Labute approximate surface area is 126 Å². The van der Waals surface area contributed by atoms with E-state index in [4.69, 9.17) is 11.1 Å². The van der Waals surface area contributed by atoms with Gasteiger partial charge in [0.1, 0.15) is 0 Å². The summed E-state index contributed by atoms with van der Waals surface area (Å²) in [6.45, 7) is 0. The lowest BCUT2D eigenvalue weighted by molar-refractivity contribution is 0.301. The van der Waals surface area contributed by atoms with Crippen molar-refractivity contribution in [2.45, 2.75) is 0 Å². The number of hydrogen-bond donors (Lipinski definition) is 3. The Hall–Kier alpha value is -3.19. The van der Waals surface area contributed by atoms with Gasteiger partial charge in [-0.3, -0.25) is 10.6 Å². The van der Waals surface area contributed by atoms with Gasteiger partial charge >= 0.3 is 0 Å². The van der Waals surface area contributed by atoms with E-state index in [1.807, 2.05) is 36.4 Å². The molecule has 0 bridgehead atoms. The number of aromatic nitrogens is 2. The SMILES string of the molecule is N=C(c1nonc1N)N(O)c1cccc(-c2ccccc2)c1. The summed E-state index contributed by atoms with van der Waals surface area (Å²) in [5.41, 5.74) is 7.84. The number of rotatable bonds is 3. The van der Waals surface area contributed by atoms with E-state index >= 15 is 0 Å². The van der Waals surface area contributed by atoms with Crippen LogP contribution in [-0.4, -0.2) is 21.4 Å². The van der Waals surface area contributed by atoms with Crippen molar-refractivity contribution in [2.75, 3.05) is 10.8 Å². The largest absolute Gasteiger partial charge is 0.379 e. The summed E-state index contributed by atoms with van der Waals surface area (Å²) in [6.07, 6.45) is 0.